The van der Waals surface area contributed by atoms with Crippen molar-refractivity contribution in [2.75, 3.05) is 10.6 Å². The monoisotopic (exact) mass is 426 g/mol. The lowest BCUT2D eigenvalue weighted by Crippen LogP contribution is -2.15. The van der Waals surface area contributed by atoms with Crippen molar-refractivity contribution in [3.8, 4) is 23.0 Å². The van der Waals surface area contributed by atoms with Gasteiger partial charge in [0, 0.05) is 16.9 Å². The number of phenols is 4. The number of rotatable bonds is 5. The van der Waals surface area contributed by atoms with Gasteiger partial charge in [0.1, 0.15) is 0 Å². The third-order valence-corrected chi connectivity index (χ3v) is 4.29. The Bertz CT molecular complexity index is 1080. The van der Waals surface area contributed by atoms with Crippen molar-refractivity contribution in [3.63, 3.8) is 0 Å². The molecule has 0 aliphatic heterocycles. The Morgan fingerprint density at radius 1 is 0.677 bits per heavy atom. The fourth-order valence-corrected chi connectivity index (χ4v) is 2.77. The lowest BCUT2D eigenvalue weighted by Gasteiger charge is -2.14. The molecule has 0 fully saturated rings. The van der Waals surface area contributed by atoms with E-state index in [1.54, 1.807) is 0 Å². The molecule has 0 aliphatic rings. The van der Waals surface area contributed by atoms with Crippen LogP contribution in [0.5, 0.6) is 23.0 Å². The quantitative estimate of drug-likeness (QED) is 0.225. The normalized spacial score (nSPS) is 10.7. The second kappa shape index (κ2) is 8.61. The minimum absolute atomic E-state index is 0.0359. The molecule has 0 aliphatic carbocycles. The number of carbonyl (C=O) groups excluding carboxylic acids is 2. The summed E-state index contributed by atoms with van der Waals surface area (Å²) in [5, 5.41) is 62.7. The summed E-state index contributed by atoms with van der Waals surface area (Å²) in [5.74, 6) is -3.86. The summed E-state index contributed by atoms with van der Waals surface area (Å²) < 4.78 is 0. The van der Waals surface area contributed by atoms with E-state index in [-0.39, 0.29) is 28.1 Å². The van der Waals surface area contributed by atoms with Crippen LogP contribution in [0.25, 0.3) is 0 Å². The van der Waals surface area contributed by atoms with Gasteiger partial charge >= 0.3 is 0 Å². The van der Waals surface area contributed by atoms with Gasteiger partial charge in [-0.25, -0.2) is 0 Å². The number of carbonyl (C=O) groups is 2. The number of anilines is 2. The average molecular weight is 426 g/mol. The molecule has 0 saturated heterocycles. The molecule has 0 bridgehead atoms. The van der Waals surface area contributed by atoms with E-state index < -0.39 is 41.1 Å². The first kappa shape index (κ1) is 21.4. The molecule has 0 unspecified atom stereocenters. The standard InChI is InChI=1S/C21H18N2O8/c24-15-5-1-3-13(17(15)26)19(28)22-11-7-10(21(30)31)8-12(9-11)23-20(29)14-4-2-6-16(25)18(14)27/h1-9,21,24-27,30-31H,(H,22,28)(H,23,29). The van der Waals surface area contributed by atoms with Gasteiger partial charge in [0.05, 0.1) is 11.1 Å². The van der Waals surface area contributed by atoms with Gasteiger partial charge in [0.25, 0.3) is 11.8 Å². The molecule has 3 rings (SSSR count). The first-order valence-corrected chi connectivity index (χ1v) is 8.83. The zero-order valence-corrected chi connectivity index (χ0v) is 15.8. The molecule has 0 saturated carbocycles. The number of aromatic hydroxyl groups is 4. The average Bonchev–Trinajstić information content (AvgIpc) is 2.71. The van der Waals surface area contributed by atoms with Gasteiger partial charge < -0.3 is 41.3 Å². The van der Waals surface area contributed by atoms with Crippen molar-refractivity contribution in [1.29, 1.82) is 0 Å². The van der Waals surface area contributed by atoms with Gasteiger partial charge in [-0.05, 0) is 42.5 Å². The number of hydrogen-bond donors (Lipinski definition) is 8. The number of nitrogens with one attached hydrogen (secondary N) is 2. The Hall–Kier alpha value is -4.28. The van der Waals surface area contributed by atoms with Crippen LogP contribution in [-0.2, 0) is 0 Å². The minimum Gasteiger partial charge on any atom is -0.504 e. The molecule has 31 heavy (non-hydrogen) atoms. The minimum atomic E-state index is -1.93. The van der Waals surface area contributed by atoms with Crippen LogP contribution in [0.4, 0.5) is 11.4 Å². The maximum absolute atomic E-state index is 12.5. The predicted octanol–water partition coefficient (Wildman–Crippen LogP) is 2.00. The van der Waals surface area contributed by atoms with E-state index in [0.717, 1.165) is 0 Å². The predicted molar refractivity (Wildman–Crippen MR) is 109 cm³/mol. The topological polar surface area (TPSA) is 180 Å². The molecule has 0 heterocycles. The third kappa shape index (κ3) is 4.66. The van der Waals surface area contributed by atoms with Gasteiger partial charge in [0.2, 0.25) is 0 Å². The highest BCUT2D eigenvalue weighted by Crippen LogP contribution is 2.31. The van der Waals surface area contributed by atoms with Gasteiger partial charge in [0.15, 0.2) is 29.3 Å². The van der Waals surface area contributed by atoms with E-state index in [2.05, 4.69) is 10.6 Å². The molecular formula is C21H18N2O8. The van der Waals surface area contributed by atoms with E-state index in [4.69, 9.17) is 0 Å². The largest absolute Gasteiger partial charge is 0.504 e. The fourth-order valence-electron chi connectivity index (χ4n) is 2.77. The highest BCUT2D eigenvalue weighted by Gasteiger charge is 2.18. The molecule has 0 radical (unpaired) electrons. The molecule has 8 N–H and O–H groups in total. The van der Waals surface area contributed by atoms with Gasteiger partial charge in [-0.2, -0.15) is 0 Å². The Morgan fingerprint density at radius 2 is 1.10 bits per heavy atom. The lowest BCUT2D eigenvalue weighted by molar-refractivity contribution is -0.0424. The molecule has 160 valence electrons. The number of benzene rings is 3. The van der Waals surface area contributed by atoms with Crippen LogP contribution in [0, 0.1) is 0 Å². The summed E-state index contributed by atoms with van der Waals surface area (Å²) in [6.07, 6.45) is -1.93. The number of amides is 2. The van der Waals surface area contributed by atoms with Gasteiger partial charge in [-0.15, -0.1) is 0 Å². The number of aliphatic hydroxyl groups is 2. The first-order valence-electron chi connectivity index (χ1n) is 8.83. The Balaban J connectivity index is 1.90. The van der Waals surface area contributed by atoms with E-state index >= 15 is 0 Å². The second-order valence-electron chi connectivity index (χ2n) is 6.47. The SMILES string of the molecule is O=C(Nc1cc(NC(=O)c2cccc(O)c2O)cc(C(O)O)c1)c1cccc(O)c1O. The number of hydrogen-bond acceptors (Lipinski definition) is 8. The Morgan fingerprint density at radius 3 is 1.48 bits per heavy atom. The van der Waals surface area contributed by atoms with Gasteiger partial charge in [-0.1, -0.05) is 12.1 Å². The maximum atomic E-state index is 12.5. The molecule has 3 aromatic carbocycles. The molecule has 0 spiro atoms. The van der Waals surface area contributed by atoms with E-state index in [1.807, 2.05) is 0 Å². The van der Waals surface area contributed by atoms with E-state index in [1.165, 1.54) is 54.6 Å². The summed E-state index contributed by atoms with van der Waals surface area (Å²) in [5.41, 5.74) is -0.466. The second-order valence-corrected chi connectivity index (χ2v) is 6.47. The van der Waals surface area contributed by atoms with Crippen LogP contribution in [0.15, 0.2) is 54.6 Å². The van der Waals surface area contributed by atoms with E-state index in [9.17, 15) is 40.2 Å². The van der Waals surface area contributed by atoms with Crippen LogP contribution >= 0.6 is 0 Å². The Kier molecular flexibility index (Phi) is 5.95. The fraction of sp³-hybridized carbons (Fsp3) is 0.0476. The lowest BCUT2D eigenvalue weighted by atomic mass is 10.1. The van der Waals surface area contributed by atoms with Crippen LogP contribution in [0.1, 0.15) is 32.6 Å². The molecule has 10 nitrogen and oxygen atoms in total. The van der Waals surface area contributed by atoms with Crippen LogP contribution in [0.2, 0.25) is 0 Å². The number of phenolic OH excluding ortho intramolecular Hbond substituents is 4. The number of aliphatic hydroxyl groups excluding tert-OH is 1. The number of para-hydroxylation sites is 2. The van der Waals surface area contributed by atoms with Crippen LogP contribution < -0.4 is 10.6 Å². The first-order chi connectivity index (χ1) is 14.7. The van der Waals surface area contributed by atoms with Gasteiger partial charge in [-0.3, -0.25) is 9.59 Å². The van der Waals surface area contributed by atoms with Crippen molar-refractivity contribution < 1.29 is 40.2 Å². The summed E-state index contributed by atoms with van der Waals surface area (Å²) >= 11 is 0. The molecule has 10 heteroatoms. The summed E-state index contributed by atoms with van der Waals surface area (Å²) in [7, 11) is 0. The Labute approximate surface area is 175 Å². The summed E-state index contributed by atoms with van der Waals surface area (Å²) in [4.78, 5) is 24.9. The van der Waals surface area contributed by atoms with Crippen molar-refractivity contribution in [3.05, 3.63) is 71.3 Å². The van der Waals surface area contributed by atoms with Crippen molar-refractivity contribution in [2.24, 2.45) is 0 Å². The van der Waals surface area contributed by atoms with Crippen LogP contribution in [0.3, 0.4) is 0 Å². The molecule has 2 amide bonds. The highest BCUT2D eigenvalue weighted by atomic mass is 16.5. The van der Waals surface area contributed by atoms with Crippen molar-refractivity contribution in [2.45, 2.75) is 6.29 Å². The maximum Gasteiger partial charge on any atom is 0.259 e. The smallest absolute Gasteiger partial charge is 0.259 e. The zero-order valence-electron chi connectivity index (χ0n) is 15.8. The molecule has 0 aromatic heterocycles. The third-order valence-electron chi connectivity index (χ3n) is 4.29. The molecule has 3 aromatic rings. The van der Waals surface area contributed by atoms with Crippen molar-refractivity contribution >= 4 is 23.2 Å². The summed E-state index contributed by atoms with van der Waals surface area (Å²) in [6.45, 7) is 0. The van der Waals surface area contributed by atoms with E-state index in [0.29, 0.717) is 0 Å². The van der Waals surface area contributed by atoms with Crippen LogP contribution in [-0.4, -0.2) is 42.5 Å². The van der Waals surface area contributed by atoms with Crippen molar-refractivity contribution in [1.82, 2.24) is 0 Å². The molecule has 0 atom stereocenters. The molecular weight excluding hydrogens is 408 g/mol. The zero-order chi connectivity index (χ0) is 22.7. The highest BCUT2D eigenvalue weighted by molar-refractivity contribution is 6.08. The summed E-state index contributed by atoms with van der Waals surface area (Å²) in [6, 6.07) is 11.4.